The molecule has 18 heavy (non-hydrogen) atoms. The van der Waals surface area contributed by atoms with Crippen molar-refractivity contribution in [1.29, 1.82) is 0 Å². The van der Waals surface area contributed by atoms with Gasteiger partial charge < -0.3 is 9.88 Å². The van der Waals surface area contributed by atoms with Gasteiger partial charge in [-0.3, -0.25) is 0 Å². The van der Waals surface area contributed by atoms with Crippen LogP contribution in [-0.2, 0) is 7.05 Å². The van der Waals surface area contributed by atoms with Gasteiger partial charge in [0, 0.05) is 18.8 Å². The number of halogens is 1. The van der Waals surface area contributed by atoms with Crippen molar-refractivity contribution in [1.82, 2.24) is 14.9 Å². The molecule has 0 saturated heterocycles. The third-order valence-electron chi connectivity index (χ3n) is 2.89. The Morgan fingerprint density at radius 2 is 2.22 bits per heavy atom. The third-order valence-corrected chi connectivity index (χ3v) is 2.89. The Labute approximate surface area is 107 Å². The number of nitrogens with zero attached hydrogens (tertiary/aromatic N) is 2. The van der Waals surface area contributed by atoms with Crippen LogP contribution in [0, 0.1) is 12.7 Å². The first kappa shape index (κ1) is 12.8. The van der Waals surface area contributed by atoms with Crippen LogP contribution in [-0.4, -0.2) is 16.1 Å². The maximum Gasteiger partial charge on any atom is 0.128 e. The highest BCUT2D eigenvalue weighted by Gasteiger charge is 2.19. The average molecular weight is 247 g/mol. The molecule has 0 bridgehead atoms. The van der Waals surface area contributed by atoms with Crippen LogP contribution in [0.15, 0.2) is 30.7 Å². The van der Waals surface area contributed by atoms with E-state index in [4.69, 9.17) is 0 Å². The second kappa shape index (κ2) is 5.31. The predicted octanol–water partition coefficient (Wildman–Crippen LogP) is 2.57. The van der Waals surface area contributed by atoms with E-state index in [0.717, 1.165) is 17.8 Å². The van der Waals surface area contributed by atoms with Gasteiger partial charge in [-0.1, -0.05) is 24.6 Å². The Hall–Kier alpha value is -1.68. The van der Waals surface area contributed by atoms with E-state index in [-0.39, 0.29) is 11.9 Å². The quantitative estimate of drug-likeness (QED) is 0.900. The molecule has 1 unspecified atom stereocenters. The van der Waals surface area contributed by atoms with Gasteiger partial charge in [0.25, 0.3) is 0 Å². The molecule has 1 N–H and O–H groups in total. The lowest BCUT2D eigenvalue weighted by molar-refractivity contribution is 0.552. The van der Waals surface area contributed by atoms with E-state index in [0.29, 0.717) is 5.56 Å². The minimum Gasteiger partial charge on any atom is -0.340 e. The van der Waals surface area contributed by atoms with E-state index in [9.17, 15) is 4.39 Å². The fourth-order valence-corrected chi connectivity index (χ4v) is 2.04. The molecule has 0 fully saturated rings. The Morgan fingerprint density at radius 1 is 1.44 bits per heavy atom. The fraction of sp³-hybridized carbons (Fsp3) is 0.357. The van der Waals surface area contributed by atoms with Gasteiger partial charge in [-0.25, -0.2) is 9.37 Å². The molecule has 0 spiro atoms. The summed E-state index contributed by atoms with van der Waals surface area (Å²) < 4.78 is 15.8. The summed E-state index contributed by atoms with van der Waals surface area (Å²) in [5.74, 6) is -0.197. The lowest BCUT2D eigenvalue weighted by Gasteiger charge is -2.17. The Balaban J connectivity index is 2.44. The number of imidazole rings is 1. The first-order valence-electron chi connectivity index (χ1n) is 6.09. The number of benzene rings is 1. The molecular weight excluding hydrogens is 229 g/mol. The van der Waals surface area contributed by atoms with Crippen molar-refractivity contribution in [2.75, 3.05) is 6.54 Å². The van der Waals surface area contributed by atoms with E-state index in [1.807, 2.05) is 37.7 Å². The highest BCUT2D eigenvalue weighted by atomic mass is 19.1. The van der Waals surface area contributed by atoms with Crippen molar-refractivity contribution in [3.05, 3.63) is 53.4 Å². The summed E-state index contributed by atoms with van der Waals surface area (Å²) in [6.07, 6.45) is 3.64. The van der Waals surface area contributed by atoms with Crippen molar-refractivity contribution in [3.63, 3.8) is 0 Å². The summed E-state index contributed by atoms with van der Waals surface area (Å²) in [4.78, 5) is 4.32. The van der Waals surface area contributed by atoms with Gasteiger partial charge in [0.05, 0.1) is 18.1 Å². The number of hydrogen-bond acceptors (Lipinski definition) is 2. The van der Waals surface area contributed by atoms with Gasteiger partial charge in [-0.05, 0) is 19.5 Å². The first-order chi connectivity index (χ1) is 8.61. The average Bonchev–Trinajstić information content (AvgIpc) is 2.76. The zero-order valence-electron chi connectivity index (χ0n) is 10.9. The van der Waals surface area contributed by atoms with Crippen LogP contribution in [0.5, 0.6) is 0 Å². The number of nitrogens with one attached hydrogen (secondary N) is 1. The number of aryl methyl sites for hydroxylation is 2. The van der Waals surface area contributed by atoms with Gasteiger partial charge >= 0.3 is 0 Å². The van der Waals surface area contributed by atoms with E-state index in [1.165, 1.54) is 6.07 Å². The van der Waals surface area contributed by atoms with Crippen molar-refractivity contribution in [2.45, 2.75) is 19.9 Å². The van der Waals surface area contributed by atoms with E-state index in [1.54, 1.807) is 12.4 Å². The molecule has 1 atom stereocenters. The van der Waals surface area contributed by atoms with Crippen molar-refractivity contribution in [3.8, 4) is 0 Å². The minimum atomic E-state index is -0.198. The molecule has 1 aromatic carbocycles. The summed E-state index contributed by atoms with van der Waals surface area (Å²) in [5, 5.41) is 3.28. The van der Waals surface area contributed by atoms with E-state index < -0.39 is 0 Å². The fourth-order valence-electron chi connectivity index (χ4n) is 2.04. The molecule has 0 amide bonds. The number of hydrogen-bond donors (Lipinski definition) is 1. The largest absolute Gasteiger partial charge is 0.340 e. The normalized spacial score (nSPS) is 12.7. The molecule has 0 aliphatic rings. The van der Waals surface area contributed by atoms with Crippen LogP contribution in [0.3, 0.4) is 0 Å². The number of rotatable bonds is 4. The Morgan fingerprint density at radius 3 is 2.83 bits per heavy atom. The molecule has 0 aliphatic heterocycles. The van der Waals surface area contributed by atoms with Crippen molar-refractivity contribution >= 4 is 0 Å². The highest BCUT2D eigenvalue weighted by Crippen LogP contribution is 2.24. The Bertz CT molecular complexity index is 534. The summed E-state index contributed by atoms with van der Waals surface area (Å²) in [5.41, 5.74) is 2.53. The van der Waals surface area contributed by atoms with Crippen LogP contribution < -0.4 is 5.32 Å². The van der Waals surface area contributed by atoms with E-state index in [2.05, 4.69) is 10.3 Å². The summed E-state index contributed by atoms with van der Waals surface area (Å²) in [6.45, 7) is 4.72. The summed E-state index contributed by atoms with van der Waals surface area (Å²) in [7, 11) is 1.91. The zero-order chi connectivity index (χ0) is 13.1. The molecule has 1 aromatic heterocycles. The van der Waals surface area contributed by atoms with Gasteiger partial charge in [0.1, 0.15) is 5.82 Å². The van der Waals surface area contributed by atoms with Crippen molar-refractivity contribution in [2.24, 2.45) is 7.05 Å². The van der Waals surface area contributed by atoms with Gasteiger partial charge in [-0.15, -0.1) is 0 Å². The van der Waals surface area contributed by atoms with Gasteiger partial charge in [0.2, 0.25) is 0 Å². The second-order valence-electron chi connectivity index (χ2n) is 4.48. The monoisotopic (exact) mass is 247 g/mol. The lowest BCUT2D eigenvalue weighted by Crippen LogP contribution is -2.23. The molecular formula is C14H18FN3. The molecule has 3 nitrogen and oxygen atoms in total. The predicted molar refractivity (Wildman–Crippen MR) is 69.9 cm³/mol. The molecule has 0 radical (unpaired) electrons. The van der Waals surface area contributed by atoms with Gasteiger partial charge in [-0.2, -0.15) is 0 Å². The highest BCUT2D eigenvalue weighted by molar-refractivity contribution is 5.31. The summed E-state index contributed by atoms with van der Waals surface area (Å²) >= 11 is 0. The minimum absolute atomic E-state index is 0.197. The molecule has 2 aromatic rings. The van der Waals surface area contributed by atoms with Crippen LogP contribution in [0.2, 0.25) is 0 Å². The second-order valence-corrected chi connectivity index (χ2v) is 4.48. The van der Waals surface area contributed by atoms with Gasteiger partial charge in [0.15, 0.2) is 0 Å². The third kappa shape index (κ3) is 2.59. The molecule has 96 valence electrons. The van der Waals surface area contributed by atoms with Crippen LogP contribution in [0.4, 0.5) is 4.39 Å². The number of aromatic nitrogens is 2. The van der Waals surface area contributed by atoms with Crippen LogP contribution in [0.1, 0.15) is 29.8 Å². The molecule has 2 rings (SSSR count). The maximum atomic E-state index is 14.0. The van der Waals surface area contributed by atoms with Crippen molar-refractivity contribution < 1.29 is 4.39 Å². The van der Waals surface area contributed by atoms with E-state index >= 15 is 0 Å². The maximum absolute atomic E-state index is 14.0. The smallest absolute Gasteiger partial charge is 0.128 e. The first-order valence-corrected chi connectivity index (χ1v) is 6.09. The zero-order valence-corrected chi connectivity index (χ0v) is 10.9. The molecule has 0 aliphatic carbocycles. The molecule has 4 heteroatoms. The van der Waals surface area contributed by atoms with Crippen LogP contribution in [0.25, 0.3) is 0 Å². The van der Waals surface area contributed by atoms with Crippen LogP contribution >= 0.6 is 0 Å². The summed E-state index contributed by atoms with van der Waals surface area (Å²) in [6, 6.07) is 4.96. The topological polar surface area (TPSA) is 29.9 Å². The molecule has 0 saturated carbocycles. The Kier molecular flexibility index (Phi) is 3.77. The lowest BCUT2D eigenvalue weighted by atomic mass is 10.0. The SMILES string of the molecule is CCNC(c1cn(C)cn1)c1cc(C)ccc1F. The standard InChI is InChI=1S/C14H18FN3/c1-4-16-14(13-8-18(3)9-17-13)11-7-10(2)5-6-12(11)15/h5-9,14,16H,4H2,1-3H3. The molecule has 1 heterocycles.